The summed E-state index contributed by atoms with van der Waals surface area (Å²) >= 11 is 0. The molecule has 0 aliphatic heterocycles. The molecule has 2 heteroatoms. The first kappa shape index (κ1) is 21.5. The number of unbranched alkanes of at least 4 members (excludes halogenated alkanes) is 1. The second-order valence-corrected chi connectivity index (χ2v) is 9.38. The molecule has 0 saturated heterocycles. The number of hydrogen-bond donors (Lipinski definition) is 0. The van der Waals surface area contributed by atoms with Gasteiger partial charge in [-0.25, -0.2) is 8.78 Å². The van der Waals surface area contributed by atoms with Gasteiger partial charge in [0.25, 0.3) is 0 Å². The van der Waals surface area contributed by atoms with Crippen molar-refractivity contribution >= 4 is 0 Å². The van der Waals surface area contributed by atoms with Gasteiger partial charge in [-0.15, -0.1) is 0 Å². The molecule has 1 aromatic rings. The molecule has 0 bridgehead atoms. The van der Waals surface area contributed by atoms with Crippen molar-refractivity contribution in [1.29, 1.82) is 0 Å². The fourth-order valence-corrected chi connectivity index (χ4v) is 5.21. The molecule has 0 nitrogen and oxygen atoms in total. The van der Waals surface area contributed by atoms with Crippen molar-refractivity contribution in [2.45, 2.75) is 90.4 Å². The number of halogens is 2. The molecule has 2 saturated carbocycles. The van der Waals surface area contributed by atoms with Crippen molar-refractivity contribution in [3.8, 4) is 0 Å². The van der Waals surface area contributed by atoms with E-state index in [0.29, 0.717) is 0 Å². The van der Waals surface area contributed by atoms with Crippen LogP contribution in [-0.2, 0) is 6.42 Å². The van der Waals surface area contributed by atoms with Crippen LogP contribution in [0.25, 0.3) is 0 Å². The summed E-state index contributed by atoms with van der Waals surface area (Å²) in [6.45, 7) is 2.30. The van der Waals surface area contributed by atoms with Crippen LogP contribution >= 0.6 is 0 Å². The molecule has 0 aromatic heterocycles. The van der Waals surface area contributed by atoms with Gasteiger partial charge in [0.2, 0.25) is 0 Å². The molecule has 1 aromatic carbocycles. The van der Waals surface area contributed by atoms with Crippen molar-refractivity contribution < 1.29 is 8.78 Å². The highest BCUT2D eigenvalue weighted by molar-refractivity contribution is 5.17. The molecule has 0 amide bonds. The van der Waals surface area contributed by atoms with Crippen LogP contribution < -0.4 is 0 Å². The summed E-state index contributed by atoms with van der Waals surface area (Å²) in [5, 5.41) is 0. The van der Waals surface area contributed by atoms with Crippen LogP contribution in [0.15, 0.2) is 30.4 Å². The zero-order chi connectivity index (χ0) is 19.8. The molecule has 0 N–H and O–H groups in total. The summed E-state index contributed by atoms with van der Waals surface area (Å²) in [6.07, 6.45) is 22.0. The Balaban J connectivity index is 1.33. The lowest BCUT2D eigenvalue weighted by molar-refractivity contribution is 0.283. The lowest BCUT2D eigenvalue weighted by atomic mass is 9.77. The number of hydrogen-bond acceptors (Lipinski definition) is 0. The van der Waals surface area contributed by atoms with E-state index in [-0.39, 0.29) is 0 Å². The maximum Gasteiger partial charge on any atom is 0.159 e. The van der Waals surface area contributed by atoms with Gasteiger partial charge in [-0.05, 0) is 106 Å². The summed E-state index contributed by atoms with van der Waals surface area (Å²) in [7, 11) is 0. The molecule has 0 spiro atoms. The Morgan fingerprint density at radius 1 is 0.786 bits per heavy atom. The summed E-state index contributed by atoms with van der Waals surface area (Å²) in [4.78, 5) is 0. The van der Waals surface area contributed by atoms with E-state index in [1.54, 1.807) is 6.07 Å². The smallest absolute Gasteiger partial charge is 0.159 e. The van der Waals surface area contributed by atoms with Crippen LogP contribution in [0, 0.1) is 35.3 Å². The standard InChI is InChI=1S/C26H38F2/c1-2-3-4-20-5-7-21(8-6-20)9-10-22-11-13-23(14-12-22)15-16-24-17-18-25(27)26(28)19-24/h9-10,17-23H,2-8,11-16H2,1H3/b10-9+. The molecule has 0 unspecified atom stereocenters. The SMILES string of the molecule is CCCCC1CCC(/C=C/C2CCC(CCc3ccc(F)c(F)c3)CC2)CC1. The largest absolute Gasteiger partial charge is 0.204 e. The molecule has 0 radical (unpaired) electrons. The van der Waals surface area contributed by atoms with Crippen LogP contribution in [-0.4, -0.2) is 0 Å². The molecule has 0 atom stereocenters. The molecule has 2 aliphatic carbocycles. The van der Waals surface area contributed by atoms with Crippen LogP contribution in [0.4, 0.5) is 8.78 Å². The maximum atomic E-state index is 13.3. The first-order valence-corrected chi connectivity index (χ1v) is 11.8. The minimum absolute atomic E-state index is 0.717. The minimum atomic E-state index is -0.745. The lowest BCUT2D eigenvalue weighted by Gasteiger charge is -2.29. The topological polar surface area (TPSA) is 0 Å². The Hall–Kier alpha value is -1.18. The van der Waals surface area contributed by atoms with Gasteiger partial charge in [0, 0.05) is 0 Å². The highest BCUT2D eigenvalue weighted by Gasteiger charge is 2.22. The Morgan fingerprint density at radius 2 is 1.36 bits per heavy atom. The fourth-order valence-electron chi connectivity index (χ4n) is 5.21. The van der Waals surface area contributed by atoms with Gasteiger partial charge < -0.3 is 0 Å². The third-order valence-corrected chi connectivity index (χ3v) is 7.23. The molecule has 28 heavy (non-hydrogen) atoms. The fraction of sp³-hybridized carbons (Fsp3) is 0.692. The minimum Gasteiger partial charge on any atom is -0.204 e. The number of rotatable bonds is 8. The molecular weight excluding hydrogens is 350 g/mol. The van der Waals surface area contributed by atoms with Crippen LogP contribution in [0.3, 0.4) is 0 Å². The molecule has 156 valence electrons. The van der Waals surface area contributed by atoms with Gasteiger partial charge in [-0.3, -0.25) is 0 Å². The van der Waals surface area contributed by atoms with Crippen LogP contribution in [0.5, 0.6) is 0 Å². The Morgan fingerprint density at radius 3 is 1.89 bits per heavy atom. The molecule has 0 heterocycles. The van der Waals surface area contributed by atoms with Gasteiger partial charge in [0.1, 0.15) is 0 Å². The maximum absolute atomic E-state index is 13.3. The van der Waals surface area contributed by atoms with E-state index < -0.39 is 11.6 Å². The summed E-state index contributed by atoms with van der Waals surface area (Å²) in [5.74, 6) is 1.86. The molecular formula is C26H38F2. The second-order valence-electron chi connectivity index (χ2n) is 9.38. The van der Waals surface area contributed by atoms with Gasteiger partial charge >= 0.3 is 0 Å². The van der Waals surface area contributed by atoms with Crippen molar-refractivity contribution in [3.05, 3.63) is 47.5 Å². The van der Waals surface area contributed by atoms with Gasteiger partial charge in [-0.2, -0.15) is 0 Å². The lowest BCUT2D eigenvalue weighted by Crippen LogP contribution is -2.15. The number of benzene rings is 1. The number of aryl methyl sites for hydroxylation is 1. The second kappa shape index (κ2) is 11.1. The van der Waals surface area contributed by atoms with E-state index in [1.165, 1.54) is 82.8 Å². The van der Waals surface area contributed by atoms with E-state index in [0.717, 1.165) is 42.1 Å². The van der Waals surface area contributed by atoms with Gasteiger partial charge in [0.05, 0.1) is 0 Å². The van der Waals surface area contributed by atoms with Gasteiger partial charge in [0.15, 0.2) is 11.6 Å². The number of allylic oxidation sites excluding steroid dienone is 2. The monoisotopic (exact) mass is 388 g/mol. The van der Waals surface area contributed by atoms with Crippen molar-refractivity contribution in [3.63, 3.8) is 0 Å². The average Bonchev–Trinajstić information content (AvgIpc) is 2.73. The van der Waals surface area contributed by atoms with Crippen molar-refractivity contribution in [2.75, 3.05) is 0 Å². The summed E-state index contributed by atoms with van der Waals surface area (Å²) < 4.78 is 26.4. The van der Waals surface area contributed by atoms with E-state index >= 15 is 0 Å². The van der Waals surface area contributed by atoms with E-state index in [4.69, 9.17) is 0 Å². The zero-order valence-corrected chi connectivity index (χ0v) is 17.6. The predicted octanol–water partition coefficient (Wildman–Crippen LogP) is 8.26. The normalized spacial score (nSPS) is 28.7. The van der Waals surface area contributed by atoms with Crippen molar-refractivity contribution in [1.82, 2.24) is 0 Å². The van der Waals surface area contributed by atoms with E-state index in [2.05, 4.69) is 19.1 Å². The Bertz CT molecular complexity index is 605. The third kappa shape index (κ3) is 6.71. The molecule has 2 aliphatic rings. The Labute approximate surface area is 170 Å². The highest BCUT2D eigenvalue weighted by atomic mass is 19.2. The average molecular weight is 389 g/mol. The Kier molecular flexibility index (Phi) is 8.55. The van der Waals surface area contributed by atoms with Crippen LogP contribution in [0.1, 0.15) is 89.5 Å². The highest BCUT2D eigenvalue weighted by Crippen LogP contribution is 2.35. The third-order valence-electron chi connectivity index (χ3n) is 7.23. The zero-order valence-electron chi connectivity index (χ0n) is 17.6. The van der Waals surface area contributed by atoms with E-state index in [1.807, 2.05) is 0 Å². The summed E-state index contributed by atoms with van der Waals surface area (Å²) in [5.41, 5.74) is 0.926. The first-order chi connectivity index (χ1) is 13.6. The quantitative estimate of drug-likeness (QED) is 0.393. The van der Waals surface area contributed by atoms with E-state index in [9.17, 15) is 8.78 Å². The molecule has 2 fully saturated rings. The van der Waals surface area contributed by atoms with Gasteiger partial charge in [-0.1, -0.05) is 44.4 Å². The summed E-state index contributed by atoms with van der Waals surface area (Å²) in [6, 6.07) is 4.34. The predicted molar refractivity (Wildman–Crippen MR) is 114 cm³/mol. The van der Waals surface area contributed by atoms with Crippen LogP contribution in [0.2, 0.25) is 0 Å². The van der Waals surface area contributed by atoms with Crippen molar-refractivity contribution in [2.24, 2.45) is 23.7 Å². The molecule has 3 rings (SSSR count). The first-order valence-electron chi connectivity index (χ1n) is 11.8.